The lowest BCUT2D eigenvalue weighted by molar-refractivity contribution is -0.120. The van der Waals surface area contributed by atoms with Crippen LogP contribution in [0.2, 0.25) is 0 Å². The van der Waals surface area contributed by atoms with Crippen molar-refractivity contribution in [3.8, 4) is 0 Å². The van der Waals surface area contributed by atoms with Crippen LogP contribution in [0.1, 0.15) is 45.1 Å². The van der Waals surface area contributed by atoms with E-state index in [9.17, 15) is 9.18 Å². The molecule has 0 aromatic heterocycles. The number of amides is 1. The Balaban J connectivity index is 2.83. The Labute approximate surface area is 122 Å². The molecule has 2 nitrogen and oxygen atoms in total. The van der Waals surface area contributed by atoms with E-state index in [-0.39, 0.29) is 17.6 Å². The molecule has 0 aliphatic rings. The van der Waals surface area contributed by atoms with Gasteiger partial charge in [0.15, 0.2) is 0 Å². The van der Waals surface area contributed by atoms with Gasteiger partial charge in [-0.15, -0.1) is 0 Å². The number of halogens is 2. The SMILES string of the molecule is CCCC(CCC)C(=O)Nc1cc(Br)c(F)cc1C. The standard InChI is InChI=1S/C15H21BrFNO/c1-4-6-11(7-5-2)15(19)18-14-9-12(16)13(17)8-10(14)3/h8-9,11H,4-7H2,1-3H3,(H,18,19). The lowest BCUT2D eigenvalue weighted by Gasteiger charge is -2.16. The smallest absolute Gasteiger partial charge is 0.227 e. The van der Waals surface area contributed by atoms with Crippen LogP contribution in [0.3, 0.4) is 0 Å². The van der Waals surface area contributed by atoms with Crippen molar-refractivity contribution in [3.63, 3.8) is 0 Å². The zero-order valence-corrected chi connectivity index (χ0v) is 13.3. The second-order valence-corrected chi connectivity index (χ2v) is 5.70. The Morgan fingerprint density at radius 3 is 2.42 bits per heavy atom. The summed E-state index contributed by atoms with van der Waals surface area (Å²) in [5, 5.41) is 2.91. The molecular formula is C15H21BrFNO. The molecular weight excluding hydrogens is 309 g/mol. The molecule has 0 heterocycles. The summed E-state index contributed by atoms with van der Waals surface area (Å²) in [7, 11) is 0. The molecule has 0 aliphatic heterocycles. The van der Waals surface area contributed by atoms with Gasteiger partial charge in [0.1, 0.15) is 5.82 Å². The van der Waals surface area contributed by atoms with Gasteiger partial charge in [0.25, 0.3) is 0 Å². The molecule has 106 valence electrons. The monoisotopic (exact) mass is 329 g/mol. The number of rotatable bonds is 6. The van der Waals surface area contributed by atoms with Crippen LogP contribution in [-0.4, -0.2) is 5.91 Å². The Kier molecular flexibility index (Phi) is 6.49. The lowest BCUT2D eigenvalue weighted by atomic mass is 9.97. The molecule has 0 bridgehead atoms. The van der Waals surface area contributed by atoms with Gasteiger partial charge in [-0.3, -0.25) is 4.79 Å². The molecule has 0 fully saturated rings. The highest BCUT2D eigenvalue weighted by Gasteiger charge is 2.17. The van der Waals surface area contributed by atoms with Crippen molar-refractivity contribution < 1.29 is 9.18 Å². The number of carbonyl (C=O) groups is 1. The average Bonchev–Trinajstić information content (AvgIpc) is 2.35. The molecule has 1 amide bonds. The maximum atomic E-state index is 13.3. The third-order valence-corrected chi connectivity index (χ3v) is 3.78. The van der Waals surface area contributed by atoms with Crippen molar-refractivity contribution in [2.75, 3.05) is 5.32 Å². The summed E-state index contributed by atoms with van der Waals surface area (Å²) in [6.45, 7) is 5.95. The molecule has 4 heteroatoms. The maximum absolute atomic E-state index is 13.3. The number of anilines is 1. The summed E-state index contributed by atoms with van der Waals surface area (Å²) in [6.07, 6.45) is 3.76. The van der Waals surface area contributed by atoms with Crippen LogP contribution < -0.4 is 5.32 Å². The highest BCUT2D eigenvalue weighted by Crippen LogP contribution is 2.25. The summed E-state index contributed by atoms with van der Waals surface area (Å²) in [6, 6.07) is 3.05. The highest BCUT2D eigenvalue weighted by molar-refractivity contribution is 9.10. The van der Waals surface area contributed by atoms with Crippen molar-refractivity contribution in [2.45, 2.75) is 46.5 Å². The highest BCUT2D eigenvalue weighted by atomic mass is 79.9. The van der Waals surface area contributed by atoms with E-state index in [4.69, 9.17) is 0 Å². The van der Waals surface area contributed by atoms with Crippen molar-refractivity contribution in [1.82, 2.24) is 0 Å². The first kappa shape index (κ1) is 16.2. The van der Waals surface area contributed by atoms with Crippen LogP contribution >= 0.6 is 15.9 Å². The van der Waals surface area contributed by atoms with Crippen LogP contribution in [0, 0.1) is 18.7 Å². The van der Waals surface area contributed by atoms with Gasteiger partial charge in [0, 0.05) is 11.6 Å². The molecule has 0 atom stereocenters. The van der Waals surface area contributed by atoms with E-state index in [1.807, 2.05) is 0 Å². The number of carbonyl (C=O) groups excluding carboxylic acids is 1. The van der Waals surface area contributed by atoms with Crippen LogP contribution in [0.4, 0.5) is 10.1 Å². The van der Waals surface area contributed by atoms with Crippen molar-refractivity contribution in [2.24, 2.45) is 5.92 Å². The van der Waals surface area contributed by atoms with Gasteiger partial charge in [0.05, 0.1) is 4.47 Å². The fourth-order valence-corrected chi connectivity index (χ4v) is 2.46. The second kappa shape index (κ2) is 7.63. The largest absolute Gasteiger partial charge is 0.326 e. The minimum absolute atomic E-state index is 0.0327. The molecule has 1 aromatic carbocycles. The van der Waals surface area contributed by atoms with Crippen LogP contribution in [0.25, 0.3) is 0 Å². The summed E-state index contributed by atoms with van der Waals surface area (Å²) < 4.78 is 13.7. The zero-order chi connectivity index (χ0) is 14.4. The van der Waals surface area contributed by atoms with Crippen molar-refractivity contribution in [3.05, 3.63) is 28.0 Å². The number of nitrogens with one attached hydrogen (secondary N) is 1. The predicted octanol–water partition coefficient (Wildman–Crippen LogP) is 5.05. The Bertz CT molecular complexity index is 442. The number of aryl methyl sites for hydroxylation is 1. The van der Waals surface area contributed by atoms with Gasteiger partial charge in [-0.1, -0.05) is 26.7 Å². The maximum Gasteiger partial charge on any atom is 0.227 e. The Hall–Kier alpha value is -0.900. The van der Waals surface area contributed by atoms with Crippen LogP contribution in [0.5, 0.6) is 0 Å². The molecule has 1 N–H and O–H groups in total. The van der Waals surface area contributed by atoms with E-state index in [1.165, 1.54) is 6.07 Å². The Morgan fingerprint density at radius 2 is 1.89 bits per heavy atom. The van der Waals surface area contributed by atoms with Crippen molar-refractivity contribution >= 4 is 27.5 Å². The van der Waals surface area contributed by atoms with Crippen LogP contribution in [0.15, 0.2) is 16.6 Å². The molecule has 1 aromatic rings. The second-order valence-electron chi connectivity index (χ2n) is 4.84. The fraction of sp³-hybridized carbons (Fsp3) is 0.533. The first-order valence-electron chi connectivity index (χ1n) is 6.76. The molecule has 19 heavy (non-hydrogen) atoms. The van der Waals surface area contributed by atoms with Gasteiger partial charge < -0.3 is 5.32 Å². The summed E-state index contributed by atoms with van der Waals surface area (Å²) >= 11 is 3.14. The minimum Gasteiger partial charge on any atom is -0.326 e. The topological polar surface area (TPSA) is 29.1 Å². The van der Waals surface area contributed by atoms with Gasteiger partial charge >= 0.3 is 0 Å². The number of hydrogen-bond donors (Lipinski definition) is 1. The van der Waals surface area contributed by atoms with E-state index in [2.05, 4.69) is 35.1 Å². The first-order chi connectivity index (χ1) is 8.99. The van der Waals surface area contributed by atoms with Gasteiger partial charge in [-0.25, -0.2) is 4.39 Å². The average molecular weight is 330 g/mol. The molecule has 0 spiro atoms. The van der Waals surface area contributed by atoms with E-state index in [1.54, 1.807) is 13.0 Å². The van der Waals surface area contributed by atoms with Gasteiger partial charge in [-0.05, 0) is 53.4 Å². The number of hydrogen-bond acceptors (Lipinski definition) is 1. The molecule has 0 saturated carbocycles. The first-order valence-corrected chi connectivity index (χ1v) is 7.55. The molecule has 0 aliphatic carbocycles. The molecule has 0 saturated heterocycles. The molecule has 0 radical (unpaired) electrons. The van der Waals surface area contributed by atoms with E-state index in [0.717, 1.165) is 31.2 Å². The lowest BCUT2D eigenvalue weighted by Crippen LogP contribution is -2.23. The number of benzene rings is 1. The minimum atomic E-state index is -0.311. The normalized spacial score (nSPS) is 10.8. The fourth-order valence-electron chi connectivity index (χ4n) is 2.12. The van der Waals surface area contributed by atoms with Crippen molar-refractivity contribution in [1.29, 1.82) is 0 Å². The zero-order valence-electron chi connectivity index (χ0n) is 11.7. The third-order valence-electron chi connectivity index (χ3n) is 3.17. The summed E-state index contributed by atoms with van der Waals surface area (Å²) in [4.78, 5) is 12.2. The van der Waals surface area contributed by atoms with Gasteiger partial charge in [-0.2, -0.15) is 0 Å². The Morgan fingerprint density at radius 1 is 1.32 bits per heavy atom. The third kappa shape index (κ3) is 4.60. The van der Waals surface area contributed by atoms with E-state index in [0.29, 0.717) is 10.2 Å². The van der Waals surface area contributed by atoms with E-state index < -0.39 is 0 Å². The summed E-state index contributed by atoms with van der Waals surface area (Å²) in [5.41, 5.74) is 1.41. The predicted molar refractivity (Wildman–Crippen MR) is 80.8 cm³/mol. The van der Waals surface area contributed by atoms with E-state index >= 15 is 0 Å². The van der Waals surface area contributed by atoms with Crippen LogP contribution in [-0.2, 0) is 4.79 Å². The molecule has 1 rings (SSSR count). The quantitative estimate of drug-likeness (QED) is 0.777. The molecule has 0 unspecified atom stereocenters. The van der Waals surface area contributed by atoms with Gasteiger partial charge in [0.2, 0.25) is 5.91 Å². The summed E-state index contributed by atoms with van der Waals surface area (Å²) in [5.74, 6) is -0.238.